The molecule has 2 heterocycles. The lowest BCUT2D eigenvalue weighted by atomic mass is 10.1. The normalized spacial score (nSPS) is 18.9. The Labute approximate surface area is 167 Å². The number of nitrogens with two attached hydrogens (primary N) is 1. The van der Waals surface area contributed by atoms with E-state index in [-0.39, 0.29) is 35.6 Å². The zero-order chi connectivity index (χ0) is 22.4. The van der Waals surface area contributed by atoms with Gasteiger partial charge in [-0.25, -0.2) is 0 Å². The number of rotatable bonds is 6. The second kappa shape index (κ2) is 7.33. The summed E-state index contributed by atoms with van der Waals surface area (Å²) in [5, 5.41) is 6.16. The van der Waals surface area contributed by atoms with Crippen molar-refractivity contribution >= 4 is 17.5 Å². The average molecular weight is 431 g/mol. The van der Waals surface area contributed by atoms with Crippen LogP contribution in [0.15, 0.2) is 18.3 Å². The SMILES string of the molecule is Cc1c(C(C)(F)F)nn(CC2C[C@@H]2C(F)(F)F)c1C(=O)Nc1ccnc(C(N)=O)c1. The monoisotopic (exact) mass is 431 g/mol. The minimum absolute atomic E-state index is 0.111. The minimum Gasteiger partial charge on any atom is -0.364 e. The molecule has 0 spiro atoms. The summed E-state index contributed by atoms with van der Waals surface area (Å²) in [4.78, 5) is 27.7. The van der Waals surface area contributed by atoms with E-state index in [2.05, 4.69) is 15.4 Å². The fourth-order valence-electron chi connectivity index (χ4n) is 3.29. The molecule has 1 fully saturated rings. The van der Waals surface area contributed by atoms with Crippen molar-refractivity contribution in [2.45, 2.75) is 38.9 Å². The molecular formula is C18H18F5N5O2. The third-order valence-electron chi connectivity index (χ3n) is 4.84. The van der Waals surface area contributed by atoms with Crippen molar-refractivity contribution in [3.63, 3.8) is 0 Å². The van der Waals surface area contributed by atoms with E-state index < -0.39 is 41.4 Å². The molecular weight excluding hydrogens is 413 g/mol. The topological polar surface area (TPSA) is 103 Å². The molecule has 2 aromatic heterocycles. The molecule has 3 N–H and O–H groups in total. The van der Waals surface area contributed by atoms with Crippen LogP contribution in [0, 0.1) is 18.8 Å². The summed E-state index contributed by atoms with van der Waals surface area (Å²) in [6.07, 6.45) is -3.34. The van der Waals surface area contributed by atoms with E-state index in [9.17, 15) is 31.5 Å². The largest absolute Gasteiger partial charge is 0.392 e. The number of carbonyl (C=O) groups is 2. The van der Waals surface area contributed by atoms with Crippen molar-refractivity contribution in [3.8, 4) is 0 Å². The van der Waals surface area contributed by atoms with Gasteiger partial charge in [-0.05, 0) is 31.4 Å². The molecule has 2 amide bonds. The first-order valence-electron chi connectivity index (χ1n) is 8.88. The van der Waals surface area contributed by atoms with Gasteiger partial charge in [-0.1, -0.05) is 0 Å². The van der Waals surface area contributed by atoms with E-state index >= 15 is 0 Å². The van der Waals surface area contributed by atoms with Crippen LogP contribution in [-0.4, -0.2) is 32.8 Å². The van der Waals surface area contributed by atoms with Crippen LogP contribution in [0.2, 0.25) is 0 Å². The summed E-state index contributed by atoms with van der Waals surface area (Å²) < 4.78 is 67.3. The second-order valence-electron chi connectivity index (χ2n) is 7.28. The highest BCUT2D eigenvalue weighted by Gasteiger charge is 2.56. The summed E-state index contributed by atoms with van der Waals surface area (Å²) in [6, 6.07) is 2.53. The van der Waals surface area contributed by atoms with Crippen LogP contribution >= 0.6 is 0 Å². The predicted molar refractivity (Wildman–Crippen MR) is 94.9 cm³/mol. The first-order valence-corrected chi connectivity index (χ1v) is 8.88. The third-order valence-corrected chi connectivity index (χ3v) is 4.84. The van der Waals surface area contributed by atoms with Gasteiger partial charge in [-0.3, -0.25) is 19.3 Å². The molecule has 0 aliphatic heterocycles. The Balaban J connectivity index is 1.92. The van der Waals surface area contributed by atoms with Crippen LogP contribution in [0.3, 0.4) is 0 Å². The minimum atomic E-state index is -4.39. The van der Waals surface area contributed by atoms with Gasteiger partial charge in [0.15, 0.2) is 0 Å². The van der Waals surface area contributed by atoms with Gasteiger partial charge in [0.2, 0.25) is 0 Å². The quantitative estimate of drug-likeness (QED) is 0.686. The fraction of sp³-hybridized carbons (Fsp3) is 0.444. The molecule has 0 radical (unpaired) electrons. The van der Waals surface area contributed by atoms with Crippen LogP contribution in [0.1, 0.15) is 45.6 Å². The highest BCUT2D eigenvalue weighted by molar-refractivity contribution is 6.04. The number of hydrogen-bond acceptors (Lipinski definition) is 4. The summed E-state index contributed by atoms with van der Waals surface area (Å²) in [6.45, 7) is 1.51. The van der Waals surface area contributed by atoms with E-state index in [1.807, 2.05) is 0 Å². The van der Waals surface area contributed by atoms with E-state index in [0.717, 1.165) is 4.68 Å². The van der Waals surface area contributed by atoms with E-state index in [0.29, 0.717) is 6.92 Å². The van der Waals surface area contributed by atoms with E-state index in [4.69, 9.17) is 5.73 Å². The van der Waals surface area contributed by atoms with E-state index in [1.165, 1.54) is 25.3 Å². The molecule has 2 atom stereocenters. The fourth-order valence-corrected chi connectivity index (χ4v) is 3.29. The summed E-state index contributed by atoms with van der Waals surface area (Å²) >= 11 is 0. The maximum atomic E-state index is 13.9. The number of amides is 2. The van der Waals surface area contributed by atoms with Gasteiger partial charge in [0.1, 0.15) is 17.1 Å². The highest BCUT2D eigenvalue weighted by Crippen LogP contribution is 2.51. The Morgan fingerprint density at radius 2 is 1.97 bits per heavy atom. The van der Waals surface area contributed by atoms with Gasteiger partial charge in [0.05, 0.1) is 5.92 Å². The number of pyridine rings is 1. The molecule has 1 aliphatic carbocycles. The van der Waals surface area contributed by atoms with Crippen molar-refractivity contribution in [1.29, 1.82) is 0 Å². The smallest absolute Gasteiger partial charge is 0.364 e. The number of primary amides is 1. The standard InChI is InChI=1S/C18H18F5N5O2/c1-8-13(16(30)26-10-3-4-25-12(6-10)15(24)29)28(27-14(8)17(2,19)20)7-9-5-11(9)18(21,22)23/h3-4,6,9,11H,5,7H2,1-2H3,(H2,24,29)(H,25,26,30)/t9?,11-/m0/s1. The Morgan fingerprint density at radius 3 is 2.50 bits per heavy atom. The van der Waals surface area contributed by atoms with Crippen molar-refractivity contribution in [3.05, 3.63) is 41.0 Å². The maximum Gasteiger partial charge on any atom is 0.392 e. The number of halogens is 5. The number of alkyl halides is 5. The maximum absolute atomic E-state index is 13.9. The summed E-state index contributed by atoms with van der Waals surface area (Å²) in [5.74, 6) is -7.50. The Morgan fingerprint density at radius 1 is 1.30 bits per heavy atom. The number of nitrogens with zero attached hydrogens (tertiary/aromatic N) is 3. The summed E-state index contributed by atoms with van der Waals surface area (Å²) in [5.41, 5.74) is 3.99. The van der Waals surface area contributed by atoms with E-state index in [1.54, 1.807) is 0 Å². The second-order valence-corrected chi connectivity index (χ2v) is 7.28. The van der Waals surface area contributed by atoms with Crippen LogP contribution in [0.25, 0.3) is 0 Å². The molecule has 12 heteroatoms. The van der Waals surface area contributed by atoms with Gasteiger partial charge in [-0.15, -0.1) is 0 Å². The third kappa shape index (κ3) is 4.41. The predicted octanol–water partition coefficient (Wildman–Crippen LogP) is 3.25. The Hall–Kier alpha value is -3.05. The molecule has 0 bridgehead atoms. The van der Waals surface area contributed by atoms with Crippen LogP contribution in [0.5, 0.6) is 0 Å². The molecule has 162 valence electrons. The number of anilines is 1. The van der Waals surface area contributed by atoms with Crippen LogP contribution in [-0.2, 0) is 12.5 Å². The number of nitrogens with one attached hydrogen (secondary N) is 1. The Kier molecular flexibility index (Phi) is 5.29. The molecule has 3 rings (SSSR count). The first kappa shape index (κ1) is 21.7. The lowest BCUT2D eigenvalue weighted by molar-refractivity contribution is -0.151. The summed E-state index contributed by atoms with van der Waals surface area (Å²) in [7, 11) is 0. The van der Waals surface area contributed by atoms with Gasteiger partial charge in [0.25, 0.3) is 17.7 Å². The molecule has 1 aliphatic rings. The van der Waals surface area contributed by atoms with Crippen molar-refractivity contribution < 1.29 is 31.5 Å². The van der Waals surface area contributed by atoms with Crippen molar-refractivity contribution in [2.75, 3.05) is 5.32 Å². The van der Waals surface area contributed by atoms with Gasteiger partial charge in [0, 0.05) is 30.9 Å². The van der Waals surface area contributed by atoms with Crippen molar-refractivity contribution in [1.82, 2.24) is 14.8 Å². The number of carbonyl (C=O) groups excluding carboxylic acids is 2. The Bertz CT molecular complexity index is 996. The van der Waals surface area contributed by atoms with Gasteiger partial charge >= 0.3 is 6.18 Å². The zero-order valence-corrected chi connectivity index (χ0v) is 15.9. The highest BCUT2D eigenvalue weighted by atomic mass is 19.4. The number of aromatic nitrogens is 3. The zero-order valence-electron chi connectivity index (χ0n) is 15.9. The average Bonchev–Trinajstić information content (AvgIpc) is 3.30. The number of hydrogen-bond donors (Lipinski definition) is 2. The molecule has 1 saturated carbocycles. The van der Waals surface area contributed by atoms with Crippen LogP contribution in [0.4, 0.5) is 27.6 Å². The molecule has 2 aromatic rings. The lowest BCUT2D eigenvalue weighted by Gasteiger charge is -2.10. The van der Waals surface area contributed by atoms with Gasteiger partial charge in [-0.2, -0.15) is 27.1 Å². The molecule has 7 nitrogen and oxygen atoms in total. The van der Waals surface area contributed by atoms with Crippen molar-refractivity contribution in [2.24, 2.45) is 17.6 Å². The molecule has 0 aromatic carbocycles. The van der Waals surface area contributed by atoms with Crippen LogP contribution < -0.4 is 11.1 Å². The lowest BCUT2D eigenvalue weighted by Crippen LogP contribution is -2.21. The van der Waals surface area contributed by atoms with Gasteiger partial charge < -0.3 is 11.1 Å². The first-order chi connectivity index (χ1) is 13.8. The molecule has 30 heavy (non-hydrogen) atoms. The molecule has 0 saturated heterocycles. The molecule has 1 unspecified atom stereocenters.